The largest absolute Gasteiger partial charge is 0.321 e. The number of benzene rings is 4. The van der Waals surface area contributed by atoms with Crippen LogP contribution in [0.25, 0.3) is 55.8 Å². The number of hydrogen-bond acceptors (Lipinski definition) is 9. The molecular weight excluding hydrogens is 767 g/mol. The highest BCUT2D eigenvalue weighted by molar-refractivity contribution is 7.91. The minimum absolute atomic E-state index is 0.141. The number of aromatic nitrogens is 6. The van der Waals surface area contributed by atoms with E-state index in [-0.39, 0.29) is 15.3 Å². The number of rotatable bonds is 8. The first kappa shape index (κ1) is 37.6. The second-order valence-corrected chi connectivity index (χ2v) is 19.8. The van der Waals surface area contributed by atoms with Gasteiger partial charge in [-0.3, -0.25) is 0 Å². The van der Waals surface area contributed by atoms with E-state index in [1.807, 2.05) is 36.9 Å². The lowest BCUT2D eigenvalue weighted by molar-refractivity contribution is 0.600. The van der Waals surface area contributed by atoms with Crippen molar-refractivity contribution < 1.29 is 16.8 Å². The predicted molar refractivity (Wildman–Crippen MR) is 226 cm³/mol. The van der Waals surface area contributed by atoms with E-state index in [1.54, 1.807) is 57.8 Å². The summed E-state index contributed by atoms with van der Waals surface area (Å²) in [4.78, 5) is 9.78. The summed E-state index contributed by atoms with van der Waals surface area (Å²) in [5, 5.41) is 8.87. The van der Waals surface area contributed by atoms with Gasteiger partial charge in [0.15, 0.2) is 31.0 Å². The van der Waals surface area contributed by atoms with Crippen molar-refractivity contribution in [1.29, 1.82) is 0 Å². The van der Waals surface area contributed by atoms with E-state index in [0.717, 1.165) is 57.3 Å². The molecule has 2 saturated carbocycles. The highest BCUT2D eigenvalue weighted by Crippen LogP contribution is 2.48. The fraction of sp³-hybridized carbons (Fsp3) is 0.200. The molecule has 0 unspecified atom stereocenters. The third-order valence-corrected chi connectivity index (χ3v) is 13.6. The van der Waals surface area contributed by atoms with Gasteiger partial charge in [0.05, 0.1) is 22.2 Å². The molecule has 0 amide bonds. The maximum absolute atomic E-state index is 11.9. The first-order chi connectivity index (χ1) is 27.7. The summed E-state index contributed by atoms with van der Waals surface area (Å²) in [6.07, 6.45) is 18.0. The molecule has 2 aliphatic rings. The Morgan fingerprint density at radius 1 is 0.534 bits per heavy atom. The van der Waals surface area contributed by atoms with Crippen molar-refractivity contribution in [2.24, 2.45) is 5.73 Å². The monoisotopic (exact) mass is 807 g/mol. The fourth-order valence-corrected chi connectivity index (χ4v) is 8.54. The standard InChI is InChI=1S/C23H21N3O2S.C22H20N4O2S/c1-23(10-11-23)19-8-6-16(7-9-19)18-13-24-22-21(14-25-26(22)15-18)17-4-3-5-20(12-17)29(2,27)28;1-29(27,28)19-4-2-3-16(11-19)20-13-25-26-14-17(12-24-21(20)26)15-5-7-18(8-6-15)22(23)9-10-22/h3-9,12-15H,10-11H2,1-2H3;2-8,11-14H,9-10,23H2,1H3. The Labute approximate surface area is 337 Å². The maximum Gasteiger partial charge on any atom is 0.175 e. The molecule has 0 bridgehead atoms. The van der Waals surface area contributed by atoms with Gasteiger partial charge in [-0.15, -0.1) is 0 Å². The Morgan fingerprint density at radius 2 is 0.966 bits per heavy atom. The van der Waals surface area contributed by atoms with Crippen molar-refractivity contribution >= 4 is 31.0 Å². The summed E-state index contributed by atoms with van der Waals surface area (Å²) < 4.78 is 50.9. The van der Waals surface area contributed by atoms with Gasteiger partial charge in [0.25, 0.3) is 0 Å². The molecule has 2 fully saturated rings. The Hall–Kier alpha value is -6.02. The van der Waals surface area contributed by atoms with Crippen molar-refractivity contribution in [3.63, 3.8) is 0 Å². The molecule has 4 aromatic heterocycles. The maximum atomic E-state index is 11.9. The zero-order chi connectivity index (χ0) is 40.5. The van der Waals surface area contributed by atoms with Crippen LogP contribution < -0.4 is 5.73 Å². The molecule has 0 saturated heterocycles. The Morgan fingerprint density at radius 3 is 1.36 bits per heavy atom. The summed E-state index contributed by atoms with van der Waals surface area (Å²) in [6, 6.07) is 30.7. The van der Waals surface area contributed by atoms with Gasteiger partial charge < -0.3 is 5.73 Å². The van der Waals surface area contributed by atoms with Crippen molar-refractivity contribution in [1.82, 2.24) is 29.2 Å². The minimum Gasteiger partial charge on any atom is -0.321 e. The fourth-order valence-electron chi connectivity index (χ4n) is 7.20. The molecule has 292 valence electrons. The summed E-state index contributed by atoms with van der Waals surface area (Å²) in [7, 11) is -6.55. The van der Waals surface area contributed by atoms with Gasteiger partial charge in [0.2, 0.25) is 0 Å². The molecule has 0 spiro atoms. The molecular formula is C45H41N7O4S2. The molecule has 58 heavy (non-hydrogen) atoms. The smallest absolute Gasteiger partial charge is 0.175 e. The predicted octanol–water partition coefficient (Wildman–Crippen LogP) is 7.93. The zero-order valence-corrected chi connectivity index (χ0v) is 33.9. The number of sulfone groups is 2. The van der Waals surface area contributed by atoms with Crippen LogP contribution in [-0.4, -0.2) is 58.5 Å². The Kier molecular flexibility index (Phi) is 8.95. The van der Waals surface area contributed by atoms with Crippen molar-refractivity contribution in [3.05, 3.63) is 145 Å². The number of hydrogen-bond donors (Lipinski definition) is 1. The molecule has 10 rings (SSSR count). The van der Waals surface area contributed by atoms with Gasteiger partial charge in [-0.2, -0.15) is 10.2 Å². The molecule has 4 aromatic carbocycles. The molecule has 8 aromatic rings. The van der Waals surface area contributed by atoms with Crippen molar-refractivity contribution in [2.75, 3.05) is 12.5 Å². The molecule has 4 heterocycles. The van der Waals surface area contributed by atoms with E-state index in [1.165, 1.54) is 36.5 Å². The van der Waals surface area contributed by atoms with Gasteiger partial charge in [-0.05, 0) is 88.7 Å². The van der Waals surface area contributed by atoms with Gasteiger partial charge in [-0.25, -0.2) is 35.8 Å². The average molecular weight is 808 g/mol. The van der Waals surface area contributed by atoms with Crippen LogP contribution >= 0.6 is 0 Å². The first-order valence-corrected chi connectivity index (χ1v) is 22.7. The summed E-state index contributed by atoms with van der Waals surface area (Å²) in [6.45, 7) is 2.31. The van der Waals surface area contributed by atoms with Crippen LogP contribution in [0, 0.1) is 0 Å². The van der Waals surface area contributed by atoms with E-state index in [0.29, 0.717) is 16.7 Å². The molecule has 2 aliphatic carbocycles. The van der Waals surface area contributed by atoms with E-state index in [9.17, 15) is 16.8 Å². The summed E-state index contributed by atoms with van der Waals surface area (Å²) >= 11 is 0. The first-order valence-electron chi connectivity index (χ1n) is 19.0. The number of nitrogens with two attached hydrogens (primary N) is 1. The van der Waals surface area contributed by atoms with Gasteiger partial charge >= 0.3 is 0 Å². The average Bonchev–Trinajstić information content (AvgIpc) is 4.06. The second-order valence-electron chi connectivity index (χ2n) is 15.8. The third-order valence-electron chi connectivity index (χ3n) is 11.4. The van der Waals surface area contributed by atoms with Crippen LogP contribution in [0.4, 0.5) is 0 Å². The lowest BCUT2D eigenvalue weighted by Gasteiger charge is -2.10. The van der Waals surface area contributed by atoms with Gasteiger partial charge in [0.1, 0.15) is 0 Å². The van der Waals surface area contributed by atoms with Gasteiger partial charge in [0, 0.05) is 65.1 Å². The lowest BCUT2D eigenvalue weighted by Crippen LogP contribution is -2.18. The van der Waals surface area contributed by atoms with E-state index >= 15 is 0 Å². The molecule has 13 heteroatoms. The summed E-state index contributed by atoms with van der Waals surface area (Å²) in [5.41, 5.74) is 17.6. The second kappa shape index (κ2) is 13.8. The summed E-state index contributed by atoms with van der Waals surface area (Å²) in [5.74, 6) is 0. The molecule has 0 atom stereocenters. The van der Waals surface area contributed by atoms with Crippen LogP contribution in [0.5, 0.6) is 0 Å². The molecule has 11 nitrogen and oxygen atoms in total. The SMILES string of the molecule is CC1(c2ccc(-c3cnc4c(-c5cccc(S(C)(=O)=O)c5)cnn4c3)cc2)CC1.CS(=O)(=O)c1cccc(-c2cnn3cc(-c4ccc(C5(N)CC5)cc4)cnc23)c1. The molecule has 0 radical (unpaired) electrons. The van der Waals surface area contributed by atoms with Crippen LogP contribution in [0.3, 0.4) is 0 Å². The Bertz CT molecular complexity index is 2880. The number of fused-ring (bicyclic) bond motifs is 2. The quantitative estimate of drug-likeness (QED) is 0.161. The number of nitrogens with zero attached hydrogens (tertiary/aromatic N) is 6. The lowest BCUT2D eigenvalue weighted by atomic mass is 9.96. The normalized spacial score (nSPS) is 15.5. The highest BCUT2D eigenvalue weighted by Gasteiger charge is 2.40. The topological polar surface area (TPSA) is 155 Å². The van der Waals surface area contributed by atoms with Crippen molar-refractivity contribution in [3.8, 4) is 44.5 Å². The van der Waals surface area contributed by atoms with Crippen molar-refractivity contribution in [2.45, 2.75) is 53.4 Å². The van der Waals surface area contributed by atoms with Crippen LogP contribution in [0.2, 0.25) is 0 Å². The highest BCUT2D eigenvalue weighted by atomic mass is 32.2. The zero-order valence-electron chi connectivity index (χ0n) is 32.2. The van der Waals surface area contributed by atoms with Gasteiger partial charge in [-0.1, -0.05) is 79.7 Å². The molecule has 2 N–H and O–H groups in total. The van der Waals surface area contributed by atoms with E-state index in [2.05, 4.69) is 75.6 Å². The van der Waals surface area contributed by atoms with Crippen LogP contribution in [-0.2, 0) is 30.6 Å². The Balaban J connectivity index is 0.000000150. The van der Waals surface area contributed by atoms with E-state index in [4.69, 9.17) is 5.73 Å². The van der Waals surface area contributed by atoms with Crippen LogP contribution in [0.15, 0.2) is 144 Å². The third kappa shape index (κ3) is 7.32. The van der Waals surface area contributed by atoms with Crippen LogP contribution in [0.1, 0.15) is 43.7 Å². The molecule has 0 aliphatic heterocycles. The van der Waals surface area contributed by atoms with E-state index < -0.39 is 19.7 Å². The minimum atomic E-state index is -3.28.